The highest BCUT2D eigenvalue weighted by Crippen LogP contribution is 2.38. The Labute approximate surface area is 126 Å². The first-order chi connectivity index (χ1) is 10.1. The summed E-state index contributed by atoms with van der Waals surface area (Å²) in [5, 5.41) is 0. The molecule has 0 bridgehead atoms. The molecule has 0 saturated carbocycles. The molecular formula is C16H24N4O. The molecule has 0 aliphatic carbocycles. The largest absolute Gasteiger partial charge is 0.335 e. The van der Waals surface area contributed by atoms with Crippen LogP contribution >= 0.6 is 0 Å². The summed E-state index contributed by atoms with van der Waals surface area (Å²) < 4.78 is 0. The highest BCUT2D eigenvalue weighted by molar-refractivity contribution is 5.92. The van der Waals surface area contributed by atoms with Crippen molar-refractivity contribution < 1.29 is 4.79 Å². The van der Waals surface area contributed by atoms with Crippen molar-refractivity contribution in [2.45, 2.75) is 38.6 Å². The number of hydrogen-bond acceptors (Lipinski definition) is 4. The zero-order chi connectivity index (χ0) is 14.9. The van der Waals surface area contributed by atoms with E-state index in [-0.39, 0.29) is 11.4 Å². The van der Waals surface area contributed by atoms with Crippen LogP contribution in [0.2, 0.25) is 0 Å². The summed E-state index contributed by atoms with van der Waals surface area (Å²) in [6.07, 6.45) is 8.30. The first kappa shape index (κ1) is 14.4. The van der Waals surface area contributed by atoms with Crippen LogP contribution in [0.3, 0.4) is 0 Å². The maximum absolute atomic E-state index is 12.5. The Hall–Kier alpha value is -1.49. The van der Waals surface area contributed by atoms with Crippen molar-refractivity contribution in [1.82, 2.24) is 19.8 Å². The predicted molar refractivity (Wildman–Crippen MR) is 80.9 cm³/mol. The van der Waals surface area contributed by atoms with Gasteiger partial charge in [-0.05, 0) is 31.7 Å². The van der Waals surface area contributed by atoms with Gasteiger partial charge in [-0.3, -0.25) is 14.7 Å². The molecule has 1 amide bonds. The Kier molecular flexibility index (Phi) is 3.93. The van der Waals surface area contributed by atoms with Crippen molar-refractivity contribution in [2.75, 3.05) is 26.2 Å². The number of rotatable bonds is 3. The molecule has 0 radical (unpaired) electrons. The van der Waals surface area contributed by atoms with E-state index in [9.17, 15) is 4.79 Å². The standard InChI is InChI=1S/C16H24N4O/c1-13(2)11-20-8-3-4-16(20)5-9-19(12-16)15(21)14-10-17-6-7-18-14/h6-7,10,13H,3-5,8-9,11-12H2,1-2H3/t16-/m0/s1. The molecule has 0 aromatic carbocycles. The van der Waals surface area contributed by atoms with Crippen LogP contribution in [-0.4, -0.2) is 57.4 Å². The second-order valence-corrected chi connectivity index (χ2v) is 6.74. The van der Waals surface area contributed by atoms with Crippen molar-refractivity contribution in [3.8, 4) is 0 Å². The summed E-state index contributed by atoms with van der Waals surface area (Å²) in [7, 11) is 0. The SMILES string of the molecule is CC(C)CN1CCC[C@@]12CCN(C(=O)c1cnccn1)C2. The molecule has 1 spiro atoms. The van der Waals surface area contributed by atoms with Gasteiger partial charge >= 0.3 is 0 Å². The Bertz CT molecular complexity index is 504. The lowest BCUT2D eigenvalue weighted by molar-refractivity contribution is 0.0732. The number of carbonyl (C=O) groups is 1. The van der Waals surface area contributed by atoms with E-state index in [2.05, 4.69) is 28.7 Å². The van der Waals surface area contributed by atoms with Gasteiger partial charge < -0.3 is 4.90 Å². The van der Waals surface area contributed by atoms with E-state index in [1.807, 2.05) is 4.90 Å². The van der Waals surface area contributed by atoms with E-state index in [0.29, 0.717) is 11.6 Å². The third-order valence-electron chi connectivity index (χ3n) is 4.73. The highest BCUT2D eigenvalue weighted by Gasteiger charge is 2.47. The summed E-state index contributed by atoms with van der Waals surface area (Å²) in [5.41, 5.74) is 0.672. The predicted octanol–water partition coefficient (Wildman–Crippen LogP) is 1.81. The third kappa shape index (κ3) is 2.79. The lowest BCUT2D eigenvalue weighted by atomic mass is 9.94. The number of hydrogen-bond donors (Lipinski definition) is 0. The quantitative estimate of drug-likeness (QED) is 0.851. The van der Waals surface area contributed by atoms with Gasteiger partial charge in [0.2, 0.25) is 0 Å². The second-order valence-electron chi connectivity index (χ2n) is 6.74. The molecule has 1 aromatic heterocycles. The maximum Gasteiger partial charge on any atom is 0.274 e. The van der Waals surface area contributed by atoms with Crippen LogP contribution < -0.4 is 0 Å². The van der Waals surface area contributed by atoms with Crippen LogP contribution in [-0.2, 0) is 0 Å². The number of nitrogens with zero attached hydrogens (tertiary/aromatic N) is 4. The highest BCUT2D eigenvalue weighted by atomic mass is 16.2. The minimum Gasteiger partial charge on any atom is -0.335 e. The summed E-state index contributed by atoms with van der Waals surface area (Å²) >= 11 is 0. The van der Waals surface area contributed by atoms with Gasteiger partial charge in [0.25, 0.3) is 5.91 Å². The topological polar surface area (TPSA) is 49.3 Å². The summed E-state index contributed by atoms with van der Waals surface area (Å²) in [5.74, 6) is 0.695. The lowest BCUT2D eigenvalue weighted by Gasteiger charge is -2.36. The number of amides is 1. The average molecular weight is 288 g/mol. The van der Waals surface area contributed by atoms with Gasteiger partial charge in [0.15, 0.2) is 0 Å². The molecule has 2 aliphatic heterocycles. The molecule has 21 heavy (non-hydrogen) atoms. The van der Waals surface area contributed by atoms with Crippen molar-refractivity contribution in [1.29, 1.82) is 0 Å². The molecule has 2 fully saturated rings. The molecule has 3 rings (SSSR count). The number of aromatic nitrogens is 2. The van der Waals surface area contributed by atoms with E-state index in [1.54, 1.807) is 18.6 Å². The van der Waals surface area contributed by atoms with Gasteiger partial charge in [-0.1, -0.05) is 13.8 Å². The summed E-state index contributed by atoms with van der Waals surface area (Å²) in [6, 6.07) is 0. The van der Waals surface area contributed by atoms with Crippen LogP contribution in [0.15, 0.2) is 18.6 Å². The molecule has 3 heterocycles. The normalized spacial score (nSPS) is 26.1. The minimum atomic E-state index is 0.0244. The first-order valence-corrected chi connectivity index (χ1v) is 7.91. The molecule has 5 heteroatoms. The van der Waals surface area contributed by atoms with Gasteiger partial charge in [-0.25, -0.2) is 4.98 Å². The summed E-state index contributed by atoms with van der Waals surface area (Å²) in [4.78, 5) is 25.2. The van der Waals surface area contributed by atoms with E-state index in [4.69, 9.17) is 0 Å². The van der Waals surface area contributed by atoms with Crippen LogP contribution in [0, 0.1) is 5.92 Å². The smallest absolute Gasteiger partial charge is 0.274 e. The van der Waals surface area contributed by atoms with E-state index in [0.717, 1.165) is 26.1 Å². The fraction of sp³-hybridized carbons (Fsp3) is 0.688. The second kappa shape index (κ2) is 5.72. The minimum absolute atomic E-state index is 0.0244. The molecule has 2 aliphatic rings. The van der Waals surface area contributed by atoms with Gasteiger partial charge in [-0.2, -0.15) is 0 Å². The molecule has 1 aromatic rings. The number of carbonyl (C=O) groups excluding carboxylic acids is 1. The fourth-order valence-electron chi connectivity index (χ4n) is 3.78. The zero-order valence-corrected chi connectivity index (χ0v) is 13.0. The number of likely N-dealkylation sites (tertiary alicyclic amines) is 2. The Morgan fingerprint density at radius 1 is 1.33 bits per heavy atom. The first-order valence-electron chi connectivity index (χ1n) is 7.91. The van der Waals surface area contributed by atoms with E-state index < -0.39 is 0 Å². The van der Waals surface area contributed by atoms with E-state index in [1.165, 1.54) is 19.4 Å². The Morgan fingerprint density at radius 3 is 2.90 bits per heavy atom. The van der Waals surface area contributed by atoms with Gasteiger partial charge in [-0.15, -0.1) is 0 Å². The average Bonchev–Trinajstić information content (AvgIpc) is 3.07. The molecule has 5 nitrogen and oxygen atoms in total. The van der Waals surface area contributed by atoms with Crippen molar-refractivity contribution in [2.24, 2.45) is 5.92 Å². The molecule has 114 valence electrons. The lowest BCUT2D eigenvalue weighted by Crippen LogP contribution is -2.48. The van der Waals surface area contributed by atoms with Crippen molar-refractivity contribution in [3.05, 3.63) is 24.3 Å². The monoisotopic (exact) mass is 288 g/mol. The summed E-state index contributed by atoms with van der Waals surface area (Å²) in [6.45, 7) is 8.52. The Morgan fingerprint density at radius 2 is 2.19 bits per heavy atom. The Balaban J connectivity index is 1.71. The van der Waals surface area contributed by atoms with Crippen LogP contribution in [0.5, 0.6) is 0 Å². The maximum atomic E-state index is 12.5. The fourth-order valence-corrected chi connectivity index (χ4v) is 3.78. The zero-order valence-electron chi connectivity index (χ0n) is 13.0. The molecule has 2 saturated heterocycles. The van der Waals surface area contributed by atoms with Gasteiger partial charge in [0.1, 0.15) is 5.69 Å². The van der Waals surface area contributed by atoms with E-state index >= 15 is 0 Å². The van der Waals surface area contributed by atoms with Gasteiger partial charge in [0.05, 0.1) is 6.20 Å². The van der Waals surface area contributed by atoms with Gasteiger partial charge in [0, 0.05) is 37.6 Å². The van der Waals surface area contributed by atoms with Crippen molar-refractivity contribution in [3.63, 3.8) is 0 Å². The van der Waals surface area contributed by atoms with Crippen LogP contribution in [0.25, 0.3) is 0 Å². The molecule has 0 unspecified atom stereocenters. The van der Waals surface area contributed by atoms with Crippen LogP contribution in [0.4, 0.5) is 0 Å². The molecule has 0 N–H and O–H groups in total. The van der Waals surface area contributed by atoms with Crippen LogP contribution in [0.1, 0.15) is 43.6 Å². The van der Waals surface area contributed by atoms with Crippen molar-refractivity contribution >= 4 is 5.91 Å². The molecular weight excluding hydrogens is 264 g/mol. The third-order valence-corrected chi connectivity index (χ3v) is 4.73. The molecule has 1 atom stereocenters.